The number of nitrogens with zero attached hydrogens (tertiary/aromatic N) is 6. The number of nitrogens with two attached hydrogens (primary N) is 1. The van der Waals surface area contributed by atoms with Gasteiger partial charge < -0.3 is 15.5 Å². The molecule has 4 N–H and O–H groups in total. The topological polar surface area (TPSA) is 144 Å². The number of fused-ring (bicyclic) bond motifs is 1. The lowest BCUT2D eigenvalue weighted by Gasteiger charge is -2.15. The highest BCUT2D eigenvalue weighted by Gasteiger charge is 2.16. The minimum absolute atomic E-state index is 0.0392. The van der Waals surface area contributed by atoms with Crippen LogP contribution < -0.4 is 15.8 Å². The summed E-state index contributed by atoms with van der Waals surface area (Å²) in [6, 6.07) is 14.4. The lowest BCUT2D eigenvalue weighted by Crippen LogP contribution is -2.26. The Labute approximate surface area is 244 Å². The van der Waals surface area contributed by atoms with E-state index in [4.69, 9.17) is 10.1 Å². The van der Waals surface area contributed by atoms with Crippen LogP contribution in [-0.4, -0.2) is 64.2 Å². The summed E-state index contributed by atoms with van der Waals surface area (Å²) in [5, 5.41) is 17.1. The molecule has 1 saturated heterocycles. The molecule has 0 bridgehead atoms. The minimum Gasteiger partial charge on any atom is -0.369 e. The van der Waals surface area contributed by atoms with Gasteiger partial charge in [-0.05, 0) is 73.0 Å². The molecule has 42 heavy (non-hydrogen) atoms. The van der Waals surface area contributed by atoms with Crippen LogP contribution in [0.2, 0.25) is 0 Å². The van der Waals surface area contributed by atoms with Gasteiger partial charge in [-0.2, -0.15) is 5.10 Å². The lowest BCUT2D eigenvalue weighted by atomic mass is 9.94. The van der Waals surface area contributed by atoms with Gasteiger partial charge in [0.1, 0.15) is 5.82 Å². The van der Waals surface area contributed by atoms with E-state index in [1.165, 1.54) is 38.1 Å². The number of likely N-dealkylation sites (tertiary alicyclic amines) is 1. The summed E-state index contributed by atoms with van der Waals surface area (Å²) in [6.07, 6.45) is 10.7. The molecule has 5 aromatic rings. The molecule has 1 fully saturated rings. The van der Waals surface area contributed by atoms with Crippen LogP contribution in [0.1, 0.15) is 24.0 Å². The van der Waals surface area contributed by atoms with Crippen molar-refractivity contribution in [3.05, 3.63) is 84.4 Å². The molecule has 0 unspecified atom stereocenters. The second kappa shape index (κ2) is 11.8. The Morgan fingerprint density at radius 2 is 1.76 bits per heavy atom. The maximum absolute atomic E-state index is 11.6. The summed E-state index contributed by atoms with van der Waals surface area (Å²) in [5.41, 5.74) is 5.57. The van der Waals surface area contributed by atoms with E-state index in [1.54, 1.807) is 23.0 Å². The van der Waals surface area contributed by atoms with E-state index < -0.39 is 10.0 Å². The molecule has 11 nitrogen and oxygen atoms in total. The summed E-state index contributed by atoms with van der Waals surface area (Å²) in [7, 11) is -1.88. The first-order valence-electron chi connectivity index (χ1n) is 13.9. The van der Waals surface area contributed by atoms with Gasteiger partial charge in [0.2, 0.25) is 16.0 Å². The van der Waals surface area contributed by atoms with Crippen molar-refractivity contribution in [1.29, 1.82) is 0 Å². The molecule has 0 radical (unpaired) electrons. The van der Waals surface area contributed by atoms with E-state index in [1.807, 2.05) is 37.8 Å². The standard InChI is InChI=1S/C30H33N9O2S/c1-38-20-23(19-35-38)26-10-5-22-18-34-30(36-24-6-8-25(9-7-24)42(31,40)41)37-29(22)27(26)16-21-4-11-28(33-17-21)32-12-15-39-13-2-3-14-39/h4-11,17-20H,2-3,12-16H2,1H3,(H,32,33)(H2,31,40,41)(H,34,36,37). The Balaban J connectivity index is 1.28. The molecule has 0 aliphatic carbocycles. The average Bonchev–Trinajstić information content (AvgIpc) is 3.66. The first kappa shape index (κ1) is 27.8. The van der Waals surface area contributed by atoms with E-state index in [0.29, 0.717) is 18.1 Å². The first-order chi connectivity index (χ1) is 20.3. The van der Waals surface area contributed by atoms with E-state index in [-0.39, 0.29) is 4.90 Å². The summed E-state index contributed by atoms with van der Waals surface area (Å²) in [4.78, 5) is 16.6. The van der Waals surface area contributed by atoms with Crippen LogP contribution in [0.15, 0.2) is 78.2 Å². The van der Waals surface area contributed by atoms with Crippen LogP contribution in [0.3, 0.4) is 0 Å². The highest BCUT2D eigenvalue weighted by molar-refractivity contribution is 7.89. The van der Waals surface area contributed by atoms with Gasteiger partial charge in [0.05, 0.1) is 16.6 Å². The van der Waals surface area contributed by atoms with Crippen LogP contribution in [-0.2, 0) is 23.5 Å². The van der Waals surface area contributed by atoms with Gasteiger partial charge in [-0.3, -0.25) is 4.68 Å². The Bertz CT molecular complexity index is 1800. The third kappa shape index (κ3) is 6.40. The fourth-order valence-corrected chi connectivity index (χ4v) is 5.78. The summed E-state index contributed by atoms with van der Waals surface area (Å²) in [6.45, 7) is 4.27. The normalized spacial score (nSPS) is 14.0. The number of nitrogens with one attached hydrogen (secondary N) is 2. The predicted molar refractivity (Wildman–Crippen MR) is 164 cm³/mol. The minimum atomic E-state index is -3.77. The second-order valence-electron chi connectivity index (χ2n) is 10.5. The summed E-state index contributed by atoms with van der Waals surface area (Å²) >= 11 is 0. The molecule has 2 aromatic carbocycles. The second-order valence-corrected chi connectivity index (χ2v) is 12.1. The highest BCUT2D eigenvalue weighted by atomic mass is 32.2. The van der Waals surface area contributed by atoms with Gasteiger partial charge in [0.25, 0.3) is 0 Å². The molecular weight excluding hydrogens is 550 g/mol. The van der Waals surface area contributed by atoms with Crippen molar-refractivity contribution in [3.63, 3.8) is 0 Å². The number of hydrogen-bond donors (Lipinski definition) is 3. The fourth-order valence-electron chi connectivity index (χ4n) is 5.27. The molecule has 1 aliphatic heterocycles. The van der Waals surface area contributed by atoms with Gasteiger partial charge in [0.15, 0.2) is 0 Å². The monoisotopic (exact) mass is 583 g/mol. The summed E-state index contributed by atoms with van der Waals surface area (Å²) in [5.74, 6) is 1.26. The Morgan fingerprint density at radius 3 is 2.45 bits per heavy atom. The summed E-state index contributed by atoms with van der Waals surface area (Å²) < 4.78 is 25.0. The largest absolute Gasteiger partial charge is 0.369 e. The van der Waals surface area contributed by atoms with Gasteiger partial charge in [0, 0.05) is 61.8 Å². The van der Waals surface area contributed by atoms with Crippen molar-refractivity contribution in [3.8, 4) is 11.1 Å². The van der Waals surface area contributed by atoms with E-state index in [2.05, 4.69) is 42.7 Å². The molecule has 0 saturated carbocycles. The van der Waals surface area contributed by atoms with Crippen LogP contribution in [0, 0.1) is 0 Å². The lowest BCUT2D eigenvalue weighted by molar-refractivity contribution is 0.352. The van der Waals surface area contributed by atoms with Crippen molar-refractivity contribution < 1.29 is 8.42 Å². The Kier molecular flexibility index (Phi) is 7.83. The zero-order valence-electron chi connectivity index (χ0n) is 23.4. The van der Waals surface area contributed by atoms with Crippen LogP contribution in [0.5, 0.6) is 0 Å². The van der Waals surface area contributed by atoms with Gasteiger partial charge in [-0.1, -0.05) is 18.2 Å². The predicted octanol–water partition coefficient (Wildman–Crippen LogP) is 3.91. The van der Waals surface area contributed by atoms with Gasteiger partial charge in [-0.25, -0.2) is 28.5 Å². The molecule has 0 spiro atoms. The third-order valence-corrected chi connectivity index (χ3v) is 8.38. The number of anilines is 3. The van der Waals surface area contributed by atoms with Gasteiger partial charge in [-0.15, -0.1) is 0 Å². The van der Waals surface area contributed by atoms with Crippen molar-refractivity contribution in [2.24, 2.45) is 12.2 Å². The SMILES string of the molecule is Cn1cc(-c2ccc3cnc(Nc4ccc(S(N)(=O)=O)cc4)nc3c2Cc2ccc(NCCN3CCCC3)nc2)cn1. The van der Waals surface area contributed by atoms with Crippen molar-refractivity contribution >= 4 is 38.4 Å². The number of pyridine rings is 1. The molecule has 0 amide bonds. The number of benzene rings is 2. The van der Waals surface area contributed by atoms with E-state index in [0.717, 1.165) is 52.1 Å². The molecule has 3 aromatic heterocycles. The molecule has 12 heteroatoms. The van der Waals surface area contributed by atoms with Crippen molar-refractivity contribution in [2.45, 2.75) is 24.2 Å². The molecule has 1 aliphatic rings. The fraction of sp³-hybridized carbons (Fsp3) is 0.267. The zero-order chi connectivity index (χ0) is 29.1. The molecule has 0 atom stereocenters. The van der Waals surface area contributed by atoms with E-state index >= 15 is 0 Å². The first-order valence-corrected chi connectivity index (χ1v) is 15.5. The van der Waals surface area contributed by atoms with E-state index in [9.17, 15) is 8.42 Å². The highest BCUT2D eigenvalue weighted by Crippen LogP contribution is 2.32. The van der Waals surface area contributed by atoms with Crippen LogP contribution >= 0.6 is 0 Å². The molecule has 4 heterocycles. The molecular formula is C30H33N9O2S. The number of aromatic nitrogens is 5. The number of primary sulfonamides is 1. The molecule has 216 valence electrons. The number of aryl methyl sites for hydroxylation is 1. The smallest absolute Gasteiger partial charge is 0.238 e. The number of hydrogen-bond acceptors (Lipinski definition) is 9. The maximum Gasteiger partial charge on any atom is 0.238 e. The Morgan fingerprint density at radius 1 is 0.952 bits per heavy atom. The van der Waals surface area contributed by atoms with Crippen LogP contribution in [0.4, 0.5) is 17.5 Å². The van der Waals surface area contributed by atoms with Crippen LogP contribution in [0.25, 0.3) is 22.0 Å². The Hall–Kier alpha value is -4.39. The average molecular weight is 584 g/mol. The quantitative estimate of drug-likeness (QED) is 0.223. The van der Waals surface area contributed by atoms with Gasteiger partial charge >= 0.3 is 0 Å². The van der Waals surface area contributed by atoms with Crippen molar-refractivity contribution in [2.75, 3.05) is 36.8 Å². The third-order valence-electron chi connectivity index (χ3n) is 7.45. The zero-order valence-corrected chi connectivity index (χ0v) is 24.2. The number of sulfonamides is 1. The van der Waals surface area contributed by atoms with Crippen molar-refractivity contribution in [1.82, 2.24) is 29.6 Å². The molecule has 6 rings (SSSR count). The number of rotatable bonds is 10. The maximum atomic E-state index is 11.6.